The van der Waals surface area contributed by atoms with Gasteiger partial charge in [-0.15, -0.1) is 0 Å². The highest BCUT2D eigenvalue weighted by Crippen LogP contribution is 2.27. The van der Waals surface area contributed by atoms with E-state index in [2.05, 4.69) is 4.74 Å². The molecule has 1 fully saturated rings. The summed E-state index contributed by atoms with van der Waals surface area (Å²) in [6.07, 6.45) is 0. The van der Waals surface area contributed by atoms with Crippen molar-refractivity contribution >= 4 is 23.6 Å². The molecule has 25 heavy (non-hydrogen) atoms. The normalized spacial score (nSPS) is 17.1. The number of benzene rings is 2. The molecule has 0 aromatic heterocycles. The molecule has 3 amide bonds. The lowest BCUT2D eigenvalue weighted by Gasteiger charge is -2.19. The van der Waals surface area contributed by atoms with Crippen LogP contribution in [0.25, 0.3) is 0 Å². The summed E-state index contributed by atoms with van der Waals surface area (Å²) in [5.74, 6) is -0.753. The lowest BCUT2D eigenvalue weighted by atomic mass is 10.2. The monoisotopic (exact) mass is 338 g/mol. The van der Waals surface area contributed by atoms with Gasteiger partial charge in [-0.25, -0.2) is 14.5 Å². The van der Waals surface area contributed by atoms with Gasteiger partial charge in [-0.05, 0) is 36.8 Å². The number of ether oxygens (including phenoxy) is 1. The Balaban J connectivity index is 1.84. The largest absolute Gasteiger partial charge is 0.465 e. The summed E-state index contributed by atoms with van der Waals surface area (Å²) >= 11 is 0. The Labute approximate surface area is 145 Å². The van der Waals surface area contributed by atoms with E-state index >= 15 is 0 Å². The van der Waals surface area contributed by atoms with Crippen LogP contribution in [-0.4, -0.2) is 36.0 Å². The molecule has 0 aliphatic carbocycles. The maximum absolute atomic E-state index is 12.7. The van der Waals surface area contributed by atoms with E-state index in [1.165, 1.54) is 24.1 Å². The molecule has 0 saturated carbocycles. The molecule has 0 spiro atoms. The first kappa shape index (κ1) is 16.7. The molecule has 128 valence electrons. The fourth-order valence-electron chi connectivity index (χ4n) is 2.80. The lowest BCUT2D eigenvalue weighted by Crippen LogP contribution is -2.33. The van der Waals surface area contributed by atoms with E-state index in [9.17, 15) is 14.4 Å². The van der Waals surface area contributed by atoms with E-state index in [1.54, 1.807) is 19.1 Å². The number of imide groups is 1. The first-order chi connectivity index (χ1) is 12.0. The molecular weight excluding hydrogens is 320 g/mol. The summed E-state index contributed by atoms with van der Waals surface area (Å²) in [7, 11) is 1.30. The summed E-state index contributed by atoms with van der Waals surface area (Å²) in [6.45, 7) is 2.08. The van der Waals surface area contributed by atoms with Crippen molar-refractivity contribution in [2.24, 2.45) is 0 Å². The molecule has 6 heteroatoms. The van der Waals surface area contributed by atoms with Crippen molar-refractivity contribution in [1.82, 2.24) is 4.90 Å². The van der Waals surface area contributed by atoms with Crippen LogP contribution in [0, 0.1) is 0 Å². The van der Waals surface area contributed by atoms with Gasteiger partial charge in [0.2, 0.25) is 0 Å². The predicted octanol–water partition coefficient (Wildman–Crippen LogP) is 2.83. The molecule has 1 aliphatic rings. The minimum absolute atomic E-state index is 0.285. The number of urea groups is 1. The van der Waals surface area contributed by atoms with Crippen LogP contribution in [0.1, 0.15) is 22.8 Å². The molecule has 1 heterocycles. The van der Waals surface area contributed by atoms with E-state index in [-0.39, 0.29) is 11.9 Å². The zero-order valence-electron chi connectivity index (χ0n) is 14.0. The summed E-state index contributed by atoms with van der Waals surface area (Å²) in [5, 5.41) is 0. The SMILES string of the molecule is COC(=O)c1ccc(N2C(=O)[C@H](C)N(Cc3ccccc3)C2=O)cc1. The summed E-state index contributed by atoms with van der Waals surface area (Å²) in [4.78, 5) is 39.5. The Morgan fingerprint density at radius 3 is 2.28 bits per heavy atom. The van der Waals surface area contributed by atoms with Gasteiger partial charge < -0.3 is 9.64 Å². The molecule has 0 unspecified atom stereocenters. The lowest BCUT2D eigenvalue weighted by molar-refractivity contribution is -0.119. The van der Waals surface area contributed by atoms with Crippen molar-refractivity contribution in [3.8, 4) is 0 Å². The van der Waals surface area contributed by atoms with Crippen LogP contribution >= 0.6 is 0 Å². The van der Waals surface area contributed by atoms with E-state index in [4.69, 9.17) is 0 Å². The number of anilines is 1. The summed E-state index contributed by atoms with van der Waals surface area (Å²) in [5.41, 5.74) is 1.75. The Hall–Kier alpha value is -3.15. The predicted molar refractivity (Wildman–Crippen MR) is 92.1 cm³/mol. The molecule has 0 N–H and O–H groups in total. The second kappa shape index (κ2) is 6.76. The highest BCUT2D eigenvalue weighted by Gasteiger charge is 2.43. The number of esters is 1. The average Bonchev–Trinajstić information content (AvgIpc) is 2.85. The third-order valence-electron chi connectivity index (χ3n) is 4.22. The Bertz CT molecular complexity index is 802. The first-order valence-electron chi connectivity index (χ1n) is 7.90. The highest BCUT2D eigenvalue weighted by atomic mass is 16.5. The number of carbonyl (C=O) groups excluding carboxylic acids is 3. The number of amides is 3. The number of methoxy groups -OCH3 is 1. The van der Waals surface area contributed by atoms with Crippen LogP contribution in [0.5, 0.6) is 0 Å². The van der Waals surface area contributed by atoms with Gasteiger partial charge in [0.05, 0.1) is 18.4 Å². The topological polar surface area (TPSA) is 66.9 Å². The van der Waals surface area contributed by atoms with Crippen molar-refractivity contribution in [2.75, 3.05) is 12.0 Å². The fraction of sp³-hybridized carbons (Fsp3) is 0.211. The van der Waals surface area contributed by atoms with Crippen LogP contribution in [0.15, 0.2) is 54.6 Å². The standard InChI is InChI=1S/C19H18N2O4/c1-13-17(22)21(16-10-8-15(9-11-16)18(23)25-2)19(24)20(13)12-14-6-4-3-5-7-14/h3-11,13H,12H2,1-2H3/t13-/m0/s1. The molecule has 2 aromatic carbocycles. The summed E-state index contributed by atoms with van der Waals surface area (Å²) in [6, 6.07) is 14.8. The second-order valence-corrected chi connectivity index (χ2v) is 5.78. The second-order valence-electron chi connectivity index (χ2n) is 5.78. The number of hydrogen-bond donors (Lipinski definition) is 0. The number of carbonyl (C=O) groups is 3. The molecule has 2 aromatic rings. The maximum Gasteiger partial charge on any atom is 0.337 e. The minimum atomic E-state index is -0.548. The quantitative estimate of drug-likeness (QED) is 0.635. The van der Waals surface area contributed by atoms with Gasteiger partial charge in [0.25, 0.3) is 5.91 Å². The van der Waals surface area contributed by atoms with Gasteiger partial charge in [0, 0.05) is 6.54 Å². The molecular formula is C19H18N2O4. The third-order valence-corrected chi connectivity index (χ3v) is 4.22. The maximum atomic E-state index is 12.7. The Morgan fingerprint density at radius 1 is 1.04 bits per heavy atom. The first-order valence-corrected chi connectivity index (χ1v) is 7.90. The molecule has 1 saturated heterocycles. The summed E-state index contributed by atoms with van der Waals surface area (Å²) < 4.78 is 4.65. The van der Waals surface area contributed by atoms with Crippen LogP contribution in [0.4, 0.5) is 10.5 Å². The van der Waals surface area contributed by atoms with Crippen molar-refractivity contribution in [3.63, 3.8) is 0 Å². The minimum Gasteiger partial charge on any atom is -0.465 e. The smallest absolute Gasteiger partial charge is 0.337 e. The number of hydrogen-bond acceptors (Lipinski definition) is 4. The zero-order chi connectivity index (χ0) is 18.0. The molecule has 3 rings (SSSR count). The van der Waals surface area contributed by atoms with Crippen LogP contribution < -0.4 is 4.90 Å². The van der Waals surface area contributed by atoms with Gasteiger partial charge in [-0.1, -0.05) is 30.3 Å². The molecule has 6 nitrogen and oxygen atoms in total. The van der Waals surface area contributed by atoms with E-state index < -0.39 is 12.0 Å². The molecule has 1 atom stereocenters. The average molecular weight is 338 g/mol. The van der Waals surface area contributed by atoms with Gasteiger partial charge in [0.15, 0.2) is 0 Å². The van der Waals surface area contributed by atoms with Gasteiger partial charge in [-0.3, -0.25) is 4.79 Å². The van der Waals surface area contributed by atoms with Crippen molar-refractivity contribution in [2.45, 2.75) is 19.5 Å². The highest BCUT2D eigenvalue weighted by molar-refractivity contribution is 6.21. The van der Waals surface area contributed by atoms with E-state index in [0.29, 0.717) is 17.8 Å². The van der Waals surface area contributed by atoms with Crippen LogP contribution in [0.2, 0.25) is 0 Å². The van der Waals surface area contributed by atoms with Crippen LogP contribution in [0.3, 0.4) is 0 Å². The fourth-order valence-corrected chi connectivity index (χ4v) is 2.80. The van der Waals surface area contributed by atoms with Crippen molar-refractivity contribution in [3.05, 3.63) is 65.7 Å². The van der Waals surface area contributed by atoms with Gasteiger partial charge in [0.1, 0.15) is 6.04 Å². The van der Waals surface area contributed by atoms with Crippen molar-refractivity contribution in [1.29, 1.82) is 0 Å². The third kappa shape index (κ3) is 3.10. The number of nitrogens with zero attached hydrogens (tertiary/aromatic N) is 2. The zero-order valence-corrected chi connectivity index (χ0v) is 14.0. The van der Waals surface area contributed by atoms with Gasteiger partial charge in [-0.2, -0.15) is 0 Å². The van der Waals surface area contributed by atoms with E-state index in [1.807, 2.05) is 30.3 Å². The van der Waals surface area contributed by atoms with Crippen molar-refractivity contribution < 1.29 is 19.1 Å². The number of rotatable bonds is 4. The Kier molecular flexibility index (Phi) is 4.52. The molecule has 0 radical (unpaired) electrons. The Morgan fingerprint density at radius 2 is 1.68 bits per heavy atom. The van der Waals surface area contributed by atoms with Gasteiger partial charge >= 0.3 is 12.0 Å². The molecule has 0 bridgehead atoms. The van der Waals surface area contributed by atoms with E-state index in [0.717, 1.165) is 10.5 Å². The van der Waals surface area contributed by atoms with Crippen LogP contribution in [-0.2, 0) is 16.1 Å². The molecule has 1 aliphatic heterocycles.